The van der Waals surface area contributed by atoms with Crippen LogP contribution in [0.1, 0.15) is 35.1 Å². The zero-order valence-electron chi connectivity index (χ0n) is 22.0. The van der Waals surface area contributed by atoms with Crippen LogP contribution in [-0.2, 0) is 24.1 Å². The molecule has 1 amide bonds. The van der Waals surface area contributed by atoms with E-state index in [0.717, 1.165) is 37.6 Å². The standard InChI is InChI=1S/C28H31F3N4O3S/c1-18-23(16-35(3)27(37)38-17-19-8-5-4-6-9-19)26(39-21-10-7-13-34(2)15-21)33-32-25(18)22-12-11-20(14-24(22)36)28(29,30)31/h4-6,8-9,11-12,14,21,36H,7,10,13,15-17H2,1-3H3/t21-/m1/s1. The maximum atomic E-state index is 13.1. The van der Waals surface area contributed by atoms with E-state index in [1.54, 1.807) is 25.7 Å². The molecular weight excluding hydrogens is 529 g/mol. The summed E-state index contributed by atoms with van der Waals surface area (Å²) >= 11 is 1.58. The first-order valence-electron chi connectivity index (χ1n) is 12.6. The molecule has 208 valence electrons. The SMILES string of the molecule is Cc1c(-c2ccc(C(F)(F)F)cc2O)nnc(S[C@@H]2CCCN(C)C2)c1CN(C)C(=O)OCc1ccccc1. The van der Waals surface area contributed by atoms with Crippen LogP contribution in [0.3, 0.4) is 0 Å². The van der Waals surface area contributed by atoms with Gasteiger partial charge in [0.05, 0.1) is 17.8 Å². The first-order valence-corrected chi connectivity index (χ1v) is 13.4. The fraction of sp³-hybridized carbons (Fsp3) is 0.393. The molecule has 1 atom stereocenters. The van der Waals surface area contributed by atoms with Crippen molar-refractivity contribution in [2.45, 2.75) is 49.4 Å². The Labute approximate surface area is 230 Å². The van der Waals surface area contributed by atoms with Gasteiger partial charge in [-0.05, 0) is 62.7 Å². The average Bonchev–Trinajstić information content (AvgIpc) is 2.89. The molecular formula is C28H31F3N4O3S. The number of hydrogen-bond acceptors (Lipinski definition) is 7. The Balaban J connectivity index is 1.63. The van der Waals surface area contributed by atoms with E-state index in [-0.39, 0.29) is 29.7 Å². The number of hydrogen-bond donors (Lipinski definition) is 1. The molecule has 1 saturated heterocycles. The van der Waals surface area contributed by atoms with Gasteiger partial charge in [0.25, 0.3) is 0 Å². The number of carbonyl (C=O) groups excluding carboxylic acids is 1. The van der Waals surface area contributed by atoms with Crippen LogP contribution in [0.2, 0.25) is 0 Å². The average molecular weight is 561 g/mol. The maximum absolute atomic E-state index is 13.1. The summed E-state index contributed by atoms with van der Waals surface area (Å²) in [5, 5.41) is 20.1. The first kappa shape index (κ1) is 28.7. The molecule has 4 rings (SSSR count). The molecule has 7 nitrogen and oxygen atoms in total. The summed E-state index contributed by atoms with van der Waals surface area (Å²) in [5.41, 5.74) is 1.62. The Morgan fingerprint density at radius 3 is 2.62 bits per heavy atom. The number of nitrogens with zero attached hydrogens (tertiary/aromatic N) is 4. The fourth-order valence-electron chi connectivity index (χ4n) is 4.48. The third-order valence-electron chi connectivity index (χ3n) is 6.66. The van der Waals surface area contributed by atoms with Gasteiger partial charge >= 0.3 is 12.3 Å². The van der Waals surface area contributed by atoms with Crippen molar-refractivity contribution in [2.24, 2.45) is 0 Å². The fourth-order valence-corrected chi connectivity index (χ4v) is 5.86. The summed E-state index contributed by atoms with van der Waals surface area (Å²) in [6.45, 7) is 3.95. The van der Waals surface area contributed by atoms with Crippen molar-refractivity contribution in [3.8, 4) is 17.0 Å². The Hall–Kier alpha value is -3.31. The smallest absolute Gasteiger partial charge is 0.416 e. The van der Waals surface area contributed by atoms with Gasteiger partial charge in [-0.3, -0.25) is 0 Å². The number of amides is 1. The minimum absolute atomic E-state index is 0.123. The number of thioether (sulfide) groups is 1. The number of piperidine rings is 1. The quantitative estimate of drug-likeness (QED) is 0.372. The zero-order valence-corrected chi connectivity index (χ0v) is 22.8. The van der Waals surface area contributed by atoms with E-state index in [0.29, 0.717) is 22.2 Å². The molecule has 2 aromatic carbocycles. The number of aromatic hydroxyl groups is 1. The molecule has 1 aliphatic rings. The molecule has 0 radical (unpaired) electrons. The summed E-state index contributed by atoms with van der Waals surface area (Å²) < 4.78 is 44.9. The van der Waals surface area contributed by atoms with Crippen LogP contribution in [-0.4, -0.2) is 63.6 Å². The minimum atomic E-state index is -4.58. The van der Waals surface area contributed by atoms with E-state index in [4.69, 9.17) is 4.74 Å². The van der Waals surface area contributed by atoms with E-state index >= 15 is 0 Å². The van der Waals surface area contributed by atoms with Gasteiger partial charge in [0.15, 0.2) is 0 Å². The second kappa shape index (κ2) is 12.3. The molecule has 0 unspecified atom stereocenters. The van der Waals surface area contributed by atoms with Crippen LogP contribution in [0.4, 0.5) is 18.0 Å². The molecule has 0 bridgehead atoms. The Kier molecular flexibility index (Phi) is 9.01. The molecule has 0 saturated carbocycles. The molecule has 0 spiro atoms. The minimum Gasteiger partial charge on any atom is -0.507 e. The molecule has 0 aliphatic carbocycles. The number of carbonyl (C=O) groups is 1. The van der Waals surface area contributed by atoms with Crippen LogP contribution < -0.4 is 0 Å². The Morgan fingerprint density at radius 1 is 1.21 bits per heavy atom. The van der Waals surface area contributed by atoms with Gasteiger partial charge < -0.3 is 19.6 Å². The number of likely N-dealkylation sites (tertiary alicyclic amines) is 1. The predicted octanol–water partition coefficient (Wildman–Crippen LogP) is 6.13. The highest BCUT2D eigenvalue weighted by Gasteiger charge is 2.32. The highest BCUT2D eigenvalue weighted by atomic mass is 32.2. The second-order valence-corrected chi connectivity index (χ2v) is 11.0. The van der Waals surface area contributed by atoms with Crippen molar-refractivity contribution >= 4 is 17.9 Å². The van der Waals surface area contributed by atoms with E-state index in [1.165, 1.54) is 11.0 Å². The summed E-state index contributed by atoms with van der Waals surface area (Å²) in [6.07, 6.45) is -3.05. The van der Waals surface area contributed by atoms with Crippen LogP contribution in [0.25, 0.3) is 11.3 Å². The largest absolute Gasteiger partial charge is 0.507 e. The van der Waals surface area contributed by atoms with E-state index in [9.17, 15) is 23.1 Å². The molecule has 1 N–H and O–H groups in total. The van der Waals surface area contributed by atoms with E-state index in [1.807, 2.05) is 30.3 Å². The third-order valence-corrected chi connectivity index (χ3v) is 7.93. The monoisotopic (exact) mass is 560 g/mol. The first-order chi connectivity index (χ1) is 18.5. The lowest BCUT2D eigenvalue weighted by molar-refractivity contribution is -0.137. The lowest BCUT2D eigenvalue weighted by atomic mass is 10.0. The van der Waals surface area contributed by atoms with Crippen molar-refractivity contribution in [1.29, 1.82) is 0 Å². The van der Waals surface area contributed by atoms with E-state index < -0.39 is 23.6 Å². The number of benzene rings is 2. The molecule has 3 aromatic rings. The maximum Gasteiger partial charge on any atom is 0.416 e. The van der Waals surface area contributed by atoms with E-state index in [2.05, 4.69) is 22.1 Å². The normalized spacial score (nSPS) is 16.2. The van der Waals surface area contributed by atoms with Crippen molar-refractivity contribution in [2.75, 3.05) is 27.2 Å². The van der Waals surface area contributed by atoms with Crippen molar-refractivity contribution in [1.82, 2.24) is 20.0 Å². The van der Waals surface area contributed by atoms with Crippen molar-refractivity contribution in [3.05, 3.63) is 70.8 Å². The van der Waals surface area contributed by atoms with Gasteiger partial charge in [-0.25, -0.2) is 4.79 Å². The third kappa shape index (κ3) is 7.21. The zero-order chi connectivity index (χ0) is 28.2. The highest BCUT2D eigenvalue weighted by Crippen LogP contribution is 2.39. The van der Waals surface area contributed by atoms with Gasteiger partial charge in [0.2, 0.25) is 0 Å². The number of ether oxygens (including phenoxy) is 1. The lowest BCUT2D eigenvalue weighted by Gasteiger charge is -2.29. The number of aromatic nitrogens is 2. The van der Waals surface area contributed by atoms with Crippen LogP contribution in [0.15, 0.2) is 53.6 Å². The summed E-state index contributed by atoms with van der Waals surface area (Å²) in [4.78, 5) is 16.5. The summed E-state index contributed by atoms with van der Waals surface area (Å²) in [6, 6.07) is 12.1. The number of halogens is 3. The second-order valence-electron chi connectivity index (χ2n) is 9.73. The predicted molar refractivity (Wildman–Crippen MR) is 143 cm³/mol. The lowest BCUT2D eigenvalue weighted by Crippen LogP contribution is -2.34. The number of phenolic OH excluding ortho intramolecular Hbond substituents is 1. The summed E-state index contributed by atoms with van der Waals surface area (Å²) in [7, 11) is 3.68. The molecule has 2 heterocycles. The Bertz CT molecular complexity index is 1310. The van der Waals surface area contributed by atoms with Crippen LogP contribution >= 0.6 is 11.8 Å². The van der Waals surface area contributed by atoms with Gasteiger partial charge in [0.1, 0.15) is 17.4 Å². The Morgan fingerprint density at radius 2 is 1.95 bits per heavy atom. The van der Waals surface area contributed by atoms with Crippen LogP contribution in [0.5, 0.6) is 5.75 Å². The van der Waals surface area contributed by atoms with Crippen molar-refractivity contribution < 1.29 is 27.8 Å². The van der Waals surface area contributed by atoms with Gasteiger partial charge in [-0.15, -0.1) is 10.2 Å². The summed E-state index contributed by atoms with van der Waals surface area (Å²) in [5.74, 6) is -0.543. The van der Waals surface area contributed by atoms with Crippen molar-refractivity contribution in [3.63, 3.8) is 0 Å². The molecule has 39 heavy (non-hydrogen) atoms. The number of alkyl halides is 3. The van der Waals surface area contributed by atoms with Gasteiger partial charge in [-0.1, -0.05) is 42.1 Å². The number of rotatable bonds is 7. The number of phenols is 1. The highest BCUT2D eigenvalue weighted by molar-refractivity contribution is 7.99. The molecule has 11 heteroatoms. The van der Waals surface area contributed by atoms with Gasteiger partial charge in [-0.2, -0.15) is 13.2 Å². The van der Waals surface area contributed by atoms with Gasteiger partial charge in [0, 0.05) is 30.0 Å². The topological polar surface area (TPSA) is 78.8 Å². The molecule has 1 fully saturated rings. The molecule has 1 aliphatic heterocycles. The molecule has 1 aromatic heterocycles. The van der Waals surface area contributed by atoms with Crippen LogP contribution in [0, 0.1) is 6.92 Å².